The molecule has 1 saturated heterocycles. The molecule has 4 rings (SSSR count). The van der Waals surface area contributed by atoms with E-state index in [9.17, 15) is 0 Å². The van der Waals surface area contributed by atoms with E-state index in [-0.39, 0.29) is 5.92 Å². The largest absolute Gasteiger partial charge is 0.424 e. The van der Waals surface area contributed by atoms with Crippen LogP contribution in [0, 0.1) is 0 Å². The highest BCUT2D eigenvalue weighted by Crippen LogP contribution is 2.39. The van der Waals surface area contributed by atoms with E-state index in [1.165, 1.54) is 12.8 Å². The summed E-state index contributed by atoms with van der Waals surface area (Å²) in [6.45, 7) is 7.60. The van der Waals surface area contributed by atoms with E-state index in [2.05, 4.69) is 51.0 Å². The molecule has 2 aromatic heterocycles. The number of hydrogen-bond acceptors (Lipinski definition) is 8. The molecule has 8 heteroatoms. The number of likely N-dealkylation sites (tertiary alicyclic amines) is 1. The molecule has 0 spiro atoms. The molecule has 25 heavy (non-hydrogen) atoms. The molecular weight excluding hydrogens is 320 g/mol. The van der Waals surface area contributed by atoms with Crippen LogP contribution in [0.4, 0.5) is 0 Å². The fourth-order valence-corrected chi connectivity index (χ4v) is 3.25. The van der Waals surface area contributed by atoms with Gasteiger partial charge < -0.3 is 8.94 Å². The zero-order chi connectivity index (χ0) is 17.4. The minimum absolute atomic E-state index is 0.267. The standard InChI is InChI=1S/C17H26N6O2/c1-11(2)16-18-14(21-25-16)9-22(3)13-6-7-23(8-13)10-15-19-20-17(24-15)12-4-5-12/h11-13H,4-10H2,1-3H3/t13-/m0/s1. The third-order valence-electron chi connectivity index (χ3n) is 5.01. The number of likely N-dealkylation sites (N-methyl/N-ethyl adjacent to an activating group) is 1. The summed E-state index contributed by atoms with van der Waals surface area (Å²) in [6, 6.07) is 0.479. The minimum Gasteiger partial charge on any atom is -0.424 e. The van der Waals surface area contributed by atoms with Crippen LogP contribution in [-0.4, -0.2) is 56.3 Å². The van der Waals surface area contributed by atoms with Gasteiger partial charge in [-0.25, -0.2) is 0 Å². The molecule has 8 nitrogen and oxygen atoms in total. The SMILES string of the molecule is CC(C)c1nc(CN(C)[C@H]2CCN(Cc3nnc(C4CC4)o3)C2)no1. The molecule has 1 atom stereocenters. The van der Waals surface area contributed by atoms with Crippen LogP contribution in [0.1, 0.15) is 68.4 Å². The van der Waals surface area contributed by atoms with Crippen molar-refractivity contribution in [3.05, 3.63) is 23.5 Å². The normalized spacial score (nSPS) is 21.7. The van der Waals surface area contributed by atoms with Gasteiger partial charge in [0.2, 0.25) is 17.7 Å². The zero-order valence-electron chi connectivity index (χ0n) is 15.2. The molecule has 0 radical (unpaired) electrons. The summed E-state index contributed by atoms with van der Waals surface area (Å²) in [4.78, 5) is 9.15. The highest BCUT2D eigenvalue weighted by Gasteiger charge is 2.31. The van der Waals surface area contributed by atoms with E-state index >= 15 is 0 Å². The predicted molar refractivity (Wildman–Crippen MR) is 89.8 cm³/mol. The minimum atomic E-state index is 0.267. The number of rotatable bonds is 7. The number of aromatic nitrogens is 4. The van der Waals surface area contributed by atoms with E-state index in [1.54, 1.807) is 0 Å². The van der Waals surface area contributed by atoms with Gasteiger partial charge in [0.25, 0.3) is 0 Å². The maximum absolute atomic E-state index is 5.78. The molecule has 0 bridgehead atoms. The van der Waals surface area contributed by atoms with Crippen molar-refractivity contribution < 1.29 is 8.94 Å². The van der Waals surface area contributed by atoms with Gasteiger partial charge in [-0.15, -0.1) is 10.2 Å². The van der Waals surface area contributed by atoms with Crippen molar-refractivity contribution in [2.45, 2.75) is 64.1 Å². The second-order valence-corrected chi connectivity index (χ2v) is 7.60. The van der Waals surface area contributed by atoms with Gasteiger partial charge in [-0.1, -0.05) is 19.0 Å². The lowest BCUT2D eigenvalue weighted by atomic mass is 10.2. The highest BCUT2D eigenvalue weighted by atomic mass is 16.5. The third kappa shape index (κ3) is 3.90. The summed E-state index contributed by atoms with van der Waals surface area (Å²) < 4.78 is 11.1. The van der Waals surface area contributed by atoms with Crippen LogP contribution in [0.25, 0.3) is 0 Å². The van der Waals surface area contributed by atoms with Crippen LogP contribution in [-0.2, 0) is 13.1 Å². The first-order valence-electron chi connectivity index (χ1n) is 9.16. The average molecular weight is 346 g/mol. The Hall–Kier alpha value is -1.80. The topological polar surface area (TPSA) is 84.3 Å². The Bertz CT molecular complexity index is 708. The summed E-state index contributed by atoms with van der Waals surface area (Å²) in [6.07, 6.45) is 3.49. The van der Waals surface area contributed by atoms with Gasteiger partial charge in [0.15, 0.2) is 5.82 Å². The van der Waals surface area contributed by atoms with Gasteiger partial charge in [0, 0.05) is 31.0 Å². The summed E-state index contributed by atoms with van der Waals surface area (Å²) in [5.74, 6) is 3.81. The number of hydrogen-bond donors (Lipinski definition) is 0. The van der Waals surface area contributed by atoms with Crippen molar-refractivity contribution in [3.63, 3.8) is 0 Å². The molecule has 0 unspecified atom stereocenters. The van der Waals surface area contributed by atoms with Gasteiger partial charge in [0.1, 0.15) is 0 Å². The Labute approximate surface area is 147 Å². The smallest absolute Gasteiger partial charge is 0.230 e. The van der Waals surface area contributed by atoms with Crippen LogP contribution in [0.15, 0.2) is 8.94 Å². The maximum atomic E-state index is 5.78. The maximum Gasteiger partial charge on any atom is 0.230 e. The molecule has 0 N–H and O–H groups in total. The lowest BCUT2D eigenvalue weighted by Gasteiger charge is -2.22. The van der Waals surface area contributed by atoms with Crippen LogP contribution in [0.2, 0.25) is 0 Å². The molecule has 1 saturated carbocycles. The Morgan fingerprint density at radius 1 is 1.24 bits per heavy atom. The van der Waals surface area contributed by atoms with E-state index in [0.717, 1.165) is 43.7 Å². The molecule has 1 aliphatic heterocycles. The highest BCUT2D eigenvalue weighted by molar-refractivity contribution is 5.00. The fourth-order valence-electron chi connectivity index (χ4n) is 3.25. The van der Waals surface area contributed by atoms with Crippen LogP contribution in [0.3, 0.4) is 0 Å². The molecule has 3 heterocycles. The van der Waals surface area contributed by atoms with Crippen LogP contribution >= 0.6 is 0 Å². The molecule has 0 aromatic carbocycles. The molecule has 136 valence electrons. The first-order chi connectivity index (χ1) is 12.1. The van der Waals surface area contributed by atoms with Gasteiger partial charge in [-0.2, -0.15) is 4.98 Å². The van der Waals surface area contributed by atoms with E-state index < -0.39 is 0 Å². The molecule has 0 amide bonds. The van der Waals surface area contributed by atoms with Crippen molar-refractivity contribution >= 4 is 0 Å². The second-order valence-electron chi connectivity index (χ2n) is 7.60. The van der Waals surface area contributed by atoms with Crippen LogP contribution in [0.5, 0.6) is 0 Å². The van der Waals surface area contributed by atoms with E-state index in [0.29, 0.717) is 24.4 Å². The summed E-state index contributed by atoms with van der Waals surface area (Å²) >= 11 is 0. The first kappa shape index (κ1) is 16.7. The van der Waals surface area contributed by atoms with Crippen molar-refractivity contribution in [2.75, 3.05) is 20.1 Å². The molecule has 1 aliphatic carbocycles. The molecule has 2 fully saturated rings. The third-order valence-corrected chi connectivity index (χ3v) is 5.01. The summed E-state index contributed by atoms with van der Waals surface area (Å²) in [5.41, 5.74) is 0. The Balaban J connectivity index is 1.28. The average Bonchev–Trinajstić information content (AvgIpc) is 3.01. The monoisotopic (exact) mass is 346 g/mol. The van der Waals surface area contributed by atoms with E-state index in [1.807, 2.05) is 0 Å². The quantitative estimate of drug-likeness (QED) is 0.754. The Morgan fingerprint density at radius 3 is 2.80 bits per heavy atom. The van der Waals surface area contributed by atoms with Crippen molar-refractivity contribution in [3.8, 4) is 0 Å². The van der Waals surface area contributed by atoms with Crippen molar-refractivity contribution in [1.82, 2.24) is 30.1 Å². The van der Waals surface area contributed by atoms with Crippen molar-refractivity contribution in [2.24, 2.45) is 0 Å². The van der Waals surface area contributed by atoms with Gasteiger partial charge >= 0.3 is 0 Å². The molecule has 2 aliphatic rings. The van der Waals surface area contributed by atoms with Crippen molar-refractivity contribution in [1.29, 1.82) is 0 Å². The van der Waals surface area contributed by atoms with E-state index in [4.69, 9.17) is 8.94 Å². The number of nitrogens with zero attached hydrogens (tertiary/aromatic N) is 6. The van der Waals surface area contributed by atoms with Crippen LogP contribution < -0.4 is 0 Å². The molecular formula is C17H26N6O2. The fraction of sp³-hybridized carbons (Fsp3) is 0.765. The lowest BCUT2D eigenvalue weighted by Crippen LogP contribution is -2.34. The van der Waals surface area contributed by atoms with Gasteiger partial charge in [-0.3, -0.25) is 9.80 Å². The zero-order valence-corrected chi connectivity index (χ0v) is 15.2. The molecule has 2 aromatic rings. The van der Waals surface area contributed by atoms with Gasteiger partial charge in [0.05, 0.1) is 13.1 Å². The summed E-state index contributed by atoms with van der Waals surface area (Å²) in [7, 11) is 2.12. The second kappa shape index (κ2) is 6.84. The lowest BCUT2D eigenvalue weighted by molar-refractivity contribution is 0.209. The Morgan fingerprint density at radius 2 is 2.08 bits per heavy atom. The predicted octanol–water partition coefficient (Wildman–Crippen LogP) is 2.16. The Kier molecular flexibility index (Phi) is 4.56. The van der Waals surface area contributed by atoms with Gasteiger partial charge in [-0.05, 0) is 26.3 Å². The summed E-state index contributed by atoms with van der Waals surface area (Å²) in [5, 5.41) is 12.4. The first-order valence-corrected chi connectivity index (χ1v) is 9.16.